The molecule has 70 valence electrons. The predicted molar refractivity (Wildman–Crippen MR) is 55.2 cm³/mol. The van der Waals surface area contributed by atoms with E-state index in [-0.39, 0.29) is 11.0 Å². The Bertz CT molecular complexity index is 299. The van der Waals surface area contributed by atoms with E-state index in [2.05, 4.69) is 4.98 Å². The summed E-state index contributed by atoms with van der Waals surface area (Å²) in [7, 11) is 0. The molecule has 1 aromatic rings. The van der Waals surface area contributed by atoms with E-state index in [0.717, 1.165) is 5.03 Å². The van der Waals surface area contributed by atoms with Gasteiger partial charge in [-0.25, -0.2) is 4.98 Å². The number of nitrogens with zero attached hydrogens (tertiary/aromatic N) is 1. The maximum atomic E-state index is 10.9. The van der Waals surface area contributed by atoms with Crippen molar-refractivity contribution < 1.29 is 4.79 Å². The number of halogens is 1. The van der Waals surface area contributed by atoms with Gasteiger partial charge in [0.05, 0.1) is 15.3 Å². The van der Waals surface area contributed by atoms with Crippen molar-refractivity contribution in [2.75, 3.05) is 0 Å². The monoisotopic (exact) mass is 215 g/mol. The molecule has 4 heteroatoms. The highest BCUT2D eigenvalue weighted by molar-refractivity contribution is 8.00. The van der Waals surface area contributed by atoms with Gasteiger partial charge < -0.3 is 0 Å². The smallest absolute Gasteiger partial charge is 0.142 e. The van der Waals surface area contributed by atoms with Crippen LogP contribution in [0.5, 0.6) is 0 Å². The maximum absolute atomic E-state index is 10.9. The van der Waals surface area contributed by atoms with E-state index in [1.807, 2.05) is 13.0 Å². The second-order valence-electron chi connectivity index (χ2n) is 2.69. The van der Waals surface area contributed by atoms with Crippen molar-refractivity contribution in [1.29, 1.82) is 0 Å². The number of ketones is 1. The Morgan fingerprint density at radius 3 is 2.77 bits per heavy atom. The van der Waals surface area contributed by atoms with Gasteiger partial charge in [-0.05, 0) is 26.0 Å². The Morgan fingerprint density at radius 2 is 2.31 bits per heavy atom. The van der Waals surface area contributed by atoms with Crippen LogP contribution in [0, 0.1) is 0 Å². The molecule has 2 nitrogen and oxygen atoms in total. The van der Waals surface area contributed by atoms with E-state index in [4.69, 9.17) is 11.6 Å². The number of thioether (sulfide) groups is 1. The first kappa shape index (κ1) is 10.5. The van der Waals surface area contributed by atoms with Gasteiger partial charge in [0.25, 0.3) is 0 Å². The first-order valence-corrected chi connectivity index (χ1v) is 5.14. The predicted octanol–water partition coefficient (Wildman–Crippen LogP) is 2.80. The maximum Gasteiger partial charge on any atom is 0.142 e. The number of hydrogen-bond donors (Lipinski definition) is 0. The van der Waals surface area contributed by atoms with Crippen LogP contribution in [0.4, 0.5) is 0 Å². The quantitative estimate of drug-likeness (QED) is 0.727. The number of hydrogen-bond acceptors (Lipinski definition) is 3. The minimum Gasteiger partial charge on any atom is -0.299 e. The summed E-state index contributed by atoms with van der Waals surface area (Å²) in [6, 6.07) is 3.58. The van der Waals surface area contributed by atoms with Crippen LogP contribution >= 0.6 is 23.4 Å². The summed E-state index contributed by atoms with van der Waals surface area (Å²) in [5, 5.41) is 1.39. The lowest BCUT2D eigenvalue weighted by Crippen LogP contribution is -2.07. The first-order valence-electron chi connectivity index (χ1n) is 3.88. The SMILES string of the molecule is CC(=O)C(C)Sc1ccc(Cl)cn1. The number of Topliss-reactive ketones (excluding diaryl/α,β-unsaturated/α-hetero) is 1. The Morgan fingerprint density at radius 1 is 1.62 bits per heavy atom. The van der Waals surface area contributed by atoms with Gasteiger partial charge in [-0.2, -0.15) is 0 Å². The Kier molecular flexibility index (Phi) is 3.75. The number of aromatic nitrogens is 1. The zero-order valence-electron chi connectivity index (χ0n) is 7.45. The lowest BCUT2D eigenvalue weighted by molar-refractivity contribution is -0.116. The molecule has 0 aromatic carbocycles. The molecule has 0 aliphatic carbocycles. The normalized spacial score (nSPS) is 12.5. The van der Waals surface area contributed by atoms with Gasteiger partial charge in [-0.15, -0.1) is 0 Å². The third kappa shape index (κ3) is 3.36. The summed E-state index contributed by atoms with van der Waals surface area (Å²) in [4.78, 5) is 15.0. The van der Waals surface area contributed by atoms with Crippen LogP contribution in [0.3, 0.4) is 0 Å². The Balaban J connectivity index is 2.64. The molecule has 0 N–H and O–H groups in total. The molecule has 0 amide bonds. The molecule has 0 bridgehead atoms. The van der Waals surface area contributed by atoms with Crippen molar-refractivity contribution in [3.63, 3.8) is 0 Å². The van der Waals surface area contributed by atoms with Crippen LogP contribution < -0.4 is 0 Å². The minimum absolute atomic E-state index is 0.0475. The minimum atomic E-state index is -0.0475. The summed E-state index contributed by atoms with van der Waals surface area (Å²) in [6.45, 7) is 3.44. The summed E-state index contributed by atoms with van der Waals surface area (Å²) in [5.74, 6) is 0.154. The highest BCUT2D eigenvalue weighted by Gasteiger charge is 2.09. The van der Waals surface area contributed by atoms with Crippen molar-refractivity contribution in [1.82, 2.24) is 4.98 Å². The highest BCUT2D eigenvalue weighted by atomic mass is 35.5. The lowest BCUT2D eigenvalue weighted by Gasteiger charge is -2.05. The van der Waals surface area contributed by atoms with Gasteiger partial charge in [0.15, 0.2) is 0 Å². The van der Waals surface area contributed by atoms with Crippen molar-refractivity contribution in [3.05, 3.63) is 23.4 Å². The zero-order chi connectivity index (χ0) is 9.84. The third-order valence-corrected chi connectivity index (χ3v) is 2.96. The second-order valence-corrected chi connectivity index (χ2v) is 4.48. The summed E-state index contributed by atoms with van der Waals surface area (Å²) >= 11 is 7.11. The second kappa shape index (κ2) is 4.63. The highest BCUT2D eigenvalue weighted by Crippen LogP contribution is 2.22. The number of rotatable bonds is 3. The molecule has 1 heterocycles. The zero-order valence-corrected chi connectivity index (χ0v) is 9.02. The molecule has 0 saturated heterocycles. The van der Waals surface area contributed by atoms with Gasteiger partial charge >= 0.3 is 0 Å². The molecule has 0 radical (unpaired) electrons. The van der Waals surface area contributed by atoms with Crippen molar-refractivity contribution in [2.24, 2.45) is 0 Å². The van der Waals surface area contributed by atoms with Crippen molar-refractivity contribution >= 4 is 29.1 Å². The number of pyridine rings is 1. The fourth-order valence-electron chi connectivity index (χ4n) is 0.696. The van der Waals surface area contributed by atoms with E-state index in [0.29, 0.717) is 5.02 Å². The van der Waals surface area contributed by atoms with E-state index < -0.39 is 0 Å². The average molecular weight is 216 g/mol. The molecule has 0 aliphatic heterocycles. The summed E-state index contributed by atoms with van der Waals surface area (Å²) in [5.41, 5.74) is 0. The molecule has 1 unspecified atom stereocenters. The van der Waals surface area contributed by atoms with Gasteiger partial charge in [0, 0.05) is 6.20 Å². The fraction of sp³-hybridized carbons (Fsp3) is 0.333. The van der Waals surface area contributed by atoms with Crippen LogP contribution in [0.1, 0.15) is 13.8 Å². The summed E-state index contributed by atoms with van der Waals surface area (Å²) in [6.07, 6.45) is 1.58. The van der Waals surface area contributed by atoms with Crippen LogP contribution in [0.25, 0.3) is 0 Å². The summed E-state index contributed by atoms with van der Waals surface area (Å²) < 4.78 is 0. The van der Waals surface area contributed by atoms with Crippen LogP contribution in [-0.4, -0.2) is 16.0 Å². The van der Waals surface area contributed by atoms with E-state index in [1.165, 1.54) is 11.8 Å². The molecular formula is C9H10ClNOS. The third-order valence-electron chi connectivity index (χ3n) is 1.57. The molecule has 0 saturated carbocycles. The van der Waals surface area contributed by atoms with E-state index >= 15 is 0 Å². The number of carbonyl (C=O) groups excluding carboxylic acids is 1. The van der Waals surface area contributed by atoms with Gasteiger partial charge in [-0.1, -0.05) is 23.4 Å². The average Bonchev–Trinajstić information content (AvgIpc) is 2.08. The standard InChI is InChI=1S/C9H10ClNOS/c1-6(12)7(2)13-9-4-3-8(10)5-11-9/h3-5,7H,1-2H3. The Hall–Kier alpha value is -0.540. The molecule has 0 spiro atoms. The van der Waals surface area contributed by atoms with Crippen LogP contribution in [0.2, 0.25) is 5.02 Å². The van der Waals surface area contributed by atoms with E-state index in [1.54, 1.807) is 19.2 Å². The largest absolute Gasteiger partial charge is 0.299 e. The van der Waals surface area contributed by atoms with Gasteiger partial charge in [-0.3, -0.25) is 4.79 Å². The molecular weight excluding hydrogens is 206 g/mol. The van der Waals surface area contributed by atoms with Crippen molar-refractivity contribution in [2.45, 2.75) is 24.1 Å². The van der Waals surface area contributed by atoms with E-state index in [9.17, 15) is 4.79 Å². The van der Waals surface area contributed by atoms with Crippen molar-refractivity contribution in [3.8, 4) is 0 Å². The molecule has 1 aromatic heterocycles. The molecule has 0 aliphatic rings. The fourth-order valence-corrected chi connectivity index (χ4v) is 1.60. The lowest BCUT2D eigenvalue weighted by atomic mass is 10.3. The molecule has 1 atom stereocenters. The Labute approximate surface area is 86.7 Å². The topological polar surface area (TPSA) is 30.0 Å². The van der Waals surface area contributed by atoms with Crippen LogP contribution in [-0.2, 0) is 4.79 Å². The molecule has 13 heavy (non-hydrogen) atoms. The van der Waals surface area contributed by atoms with Crippen LogP contribution in [0.15, 0.2) is 23.4 Å². The van der Waals surface area contributed by atoms with Gasteiger partial charge in [0.1, 0.15) is 5.78 Å². The number of carbonyl (C=O) groups is 1. The first-order chi connectivity index (χ1) is 6.09. The molecule has 1 rings (SSSR count). The van der Waals surface area contributed by atoms with Gasteiger partial charge in [0.2, 0.25) is 0 Å². The molecule has 0 fully saturated rings.